The van der Waals surface area contributed by atoms with E-state index in [-0.39, 0.29) is 5.91 Å². The average Bonchev–Trinajstić information content (AvgIpc) is 2.96. The Morgan fingerprint density at radius 3 is 2.85 bits per heavy atom. The number of rotatable bonds is 5. The molecule has 1 amide bonds. The molecule has 1 saturated heterocycles. The second kappa shape index (κ2) is 7.60. The summed E-state index contributed by atoms with van der Waals surface area (Å²) in [7, 11) is 0. The van der Waals surface area contributed by atoms with Gasteiger partial charge in [0.15, 0.2) is 0 Å². The van der Waals surface area contributed by atoms with E-state index in [1.807, 2.05) is 23.6 Å². The molecule has 1 aliphatic heterocycles. The average molecular weight is 292 g/mol. The van der Waals surface area contributed by atoms with Crippen molar-refractivity contribution in [1.29, 1.82) is 0 Å². The third kappa shape index (κ3) is 4.76. The minimum absolute atomic E-state index is 0.0182. The zero-order chi connectivity index (χ0) is 14.4. The smallest absolute Gasteiger partial charge is 0.244 e. The van der Waals surface area contributed by atoms with Crippen molar-refractivity contribution >= 4 is 23.3 Å². The fraction of sp³-hybridized carbons (Fsp3) is 0.562. The lowest BCUT2D eigenvalue weighted by Crippen LogP contribution is -2.41. The molecule has 0 atom stereocenters. The van der Waals surface area contributed by atoms with Gasteiger partial charge in [-0.1, -0.05) is 6.07 Å². The van der Waals surface area contributed by atoms with Crippen molar-refractivity contribution in [3.63, 3.8) is 0 Å². The van der Waals surface area contributed by atoms with Crippen LogP contribution in [0.25, 0.3) is 6.08 Å². The maximum absolute atomic E-state index is 11.7. The first-order valence-corrected chi connectivity index (χ1v) is 8.26. The molecule has 1 aromatic rings. The number of piperidine rings is 1. The van der Waals surface area contributed by atoms with Gasteiger partial charge in [-0.3, -0.25) is 4.79 Å². The molecule has 0 bridgehead atoms. The predicted octanol–water partition coefficient (Wildman–Crippen LogP) is 3.00. The van der Waals surface area contributed by atoms with E-state index in [4.69, 9.17) is 0 Å². The van der Waals surface area contributed by atoms with Crippen molar-refractivity contribution in [2.24, 2.45) is 5.92 Å². The van der Waals surface area contributed by atoms with Gasteiger partial charge >= 0.3 is 0 Å². The Morgan fingerprint density at radius 1 is 1.50 bits per heavy atom. The molecular weight excluding hydrogens is 268 g/mol. The van der Waals surface area contributed by atoms with Crippen molar-refractivity contribution in [3.05, 3.63) is 28.5 Å². The number of amides is 1. The molecule has 1 aromatic heterocycles. The summed E-state index contributed by atoms with van der Waals surface area (Å²) in [5, 5.41) is 5.03. The SMILES string of the molecule is CC(C)N1CCC(CNC(=O)/C=C/c2cccs2)CC1. The molecule has 0 saturated carbocycles. The fourth-order valence-electron chi connectivity index (χ4n) is 2.52. The van der Waals surface area contributed by atoms with E-state index >= 15 is 0 Å². The van der Waals surface area contributed by atoms with Crippen LogP contribution in [0.3, 0.4) is 0 Å². The number of hydrogen-bond donors (Lipinski definition) is 1. The second-order valence-electron chi connectivity index (χ2n) is 5.67. The number of thiophene rings is 1. The summed E-state index contributed by atoms with van der Waals surface area (Å²) in [5.74, 6) is 0.647. The highest BCUT2D eigenvalue weighted by Crippen LogP contribution is 2.18. The second-order valence-corrected chi connectivity index (χ2v) is 6.65. The molecule has 2 rings (SSSR count). The molecule has 2 heterocycles. The lowest BCUT2D eigenvalue weighted by molar-refractivity contribution is -0.116. The molecule has 0 spiro atoms. The third-order valence-electron chi connectivity index (χ3n) is 3.89. The molecule has 20 heavy (non-hydrogen) atoms. The van der Waals surface area contributed by atoms with Gasteiger partial charge in [0.05, 0.1) is 0 Å². The lowest BCUT2D eigenvalue weighted by Gasteiger charge is -2.34. The summed E-state index contributed by atoms with van der Waals surface area (Å²) in [4.78, 5) is 15.4. The lowest BCUT2D eigenvalue weighted by atomic mass is 9.96. The molecule has 0 aromatic carbocycles. The molecule has 0 aliphatic carbocycles. The highest BCUT2D eigenvalue weighted by molar-refractivity contribution is 7.10. The Morgan fingerprint density at radius 2 is 2.25 bits per heavy atom. The Hall–Kier alpha value is -1.13. The maximum atomic E-state index is 11.7. The molecule has 3 nitrogen and oxygen atoms in total. The highest BCUT2D eigenvalue weighted by Gasteiger charge is 2.20. The Kier molecular flexibility index (Phi) is 5.80. The monoisotopic (exact) mass is 292 g/mol. The van der Waals surface area contributed by atoms with Gasteiger partial charge in [0.25, 0.3) is 0 Å². The van der Waals surface area contributed by atoms with Crippen LogP contribution in [0.1, 0.15) is 31.6 Å². The van der Waals surface area contributed by atoms with Crippen LogP contribution in [0.2, 0.25) is 0 Å². The molecule has 110 valence electrons. The van der Waals surface area contributed by atoms with Gasteiger partial charge in [-0.15, -0.1) is 11.3 Å². The molecule has 1 fully saturated rings. The quantitative estimate of drug-likeness (QED) is 0.846. The van der Waals surface area contributed by atoms with Crippen LogP contribution in [0.15, 0.2) is 23.6 Å². The molecule has 1 aliphatic rings. The summed E-state index contributed by atoms with van der Waals surface area (Å²) in [5.41, 5.74) is 0. The van der Waals surface area contributed by atoms with Crippen molar-refractivity contribution in [2.75, 3.05) is 19.6 Å². The van der Waals surface area contributed by atoms with Crippen molar-refractivity contribution in [2.45, 2.75) is 32.7 Å². The topological polar surface area (TPSA) is 32.3 Å². The van der Waals surface area contributed by atoms with Gasteiger partial charge < -0.3 is 10.2 Å². The molecule has 0 radical (unpaired) electrons. The third-order valence-corrected chi connectivity index (χ3v) is 4.72. The summed E-state index contributed by atoms with van der Waals surface area (Å²) in [6.45, 7) is 7.61. The zero-order valence-corrected chi connectivity index (χ0v) is 13.2. The van der Waals surface area contributed by atoms with Crippen molar-refractivity contribution in [3.8, 4) is 0 Å². The van der Waals surface area contributed by atoms with Crippen molar-refractivity contribution < 1.29 is 4.79 Å². The van der Waals surface area contributed by atoms with Crippen LogP contribution in [-0.2, 0) is 4.79 Å². The molecule has 4 heteroatoms. The van der Waals surface area contributed by atoms with E-state index in [2.05, 4.69) is 24.1 Å². The van der Waals surface area contributed by atoms with E-state index in [9.17, 15) is 4.79 Å². The van der Waals surface area contributed by atoms with E-state index in [0.717, 1.165) is 24.5 Å². The van der Waals surface area contributed by atoms with E-state index in [1.165, 1.54) is 12.8 Å². The zero-order valence-electron chi connectivity index (χ0n) is 12.3. The summed E-state index contributed by atoms with van der Waals surface area (Å²) in [6, 6.07) is 4.64. The minimum Gasteiger partial charge on any atom is -0.352 e. The van der Waals surface area contributed by atoms with E-state index in [0.29, 0.717) is 12.0 Å². The Bertz CT molecular complexity index is 431. The molecule has 0 unspecified atom stereocenters. The minimum atomic E-state index is 0.0182. The van der Waals surface area contributed by atoms with Gasteiger partial charge in [-0.25, -0.2) is 0 Å². The fourth-order valence-corrected chi connectivity index (χ4v) is 3.14. The van der Waals surface area contributed by atoms with Crippen molar-refractivity contribution in [1.82, 2.24) is 10.2 Å². The Labute approximate surface area is 125 Å². The molecule has 1 N–H and O–H groups in total. The van der Waals surface area contributed by atoms with Crippen LogP contribution < -0.4 is 5.32 Å². The first-order valence-electron chi connectivity index (χ1n) is 7.38. The normalized spacial score (nSPS) is 17.9. The molecular formula is C16H24N2OS. The van der Waals surface area contributed by atoms with Crippen LogP contribution in [-0.4, -0.2) is 36.5 Å². The summed E-state index contributed by atoms with van der Waals surface area (Å²) in [6.07, 6.45) is 5.89. The highest BCUT2D eigenvalue weighted by atomic mass is 32.1. The predicted molar refractivity (Wildman–Crippen MR) is 85.8 cm³/mol. The number of carbonyl (C=O) groups is 1. The van der Waals surface area contributed by atoms with Gasteiger partial charge in [0, 0.05) is 23.5 Å². The summed E-state index contributed by atoms with van der Waals surface area (Å²) >= 11 is 1.64. The Balaban J connectivity index is 1.67. The van der Waals surface area contributed by atoms with Gasteiger partial charge in [0.1, 0.15) is 0 Å². The number of likely N-dealkylation sites (tertiary alicyclic amines) is 1. The number of nitrogens with zero attached hydrogens (tertiary/aromatic N) is 1. The van der Waals surface area contributed by atoms with Gasteiger partial charge in [-0.2, -0.15) is 0 Å². The number of hydrogen-bond acceptors (Lipinski definition) is 3. The van der Waals surface area contributed by atoms with E-state index in [1.54, 1.807) is 17.4 Å². The number of nitrogens with one attached hydrogen (secondary N) is 1. The number of carbonyl (C=O) groups excluding carboxylic acids is 1. The van der Waals surface area contributed by atoms with Crippen LogP contribution in [0.5, 0.6) is 0 Å². The first kappa shape index (κ1) is 15.3. The van der Waals surface area contributed by atoms with E-state index < -0.39 is 0 Å². The first-order chi connectivity index (χ1) is 9.65. The van der Waals surface area contributed by atoms with Gasteiger partial charge in [-0.05, 0) is 63.2 Å². The largest absolute Gasteiger partial charge is 0.352 e. The van der Waals surface area contributed by atoms with Crippen LogP contribution in [0, 0.1) is 5.92 Å². The van der Waals surface area contributed by atoms with Crippen LogP contribution >= 0.6 is 11.3 Å². The standard InChI is InChI=1S/C16H24N2OS/c1-13(2)18-9-7-14(8-10-18)12-17-16(19)6-5-15-4-3-11-20-15/h3-6,11,13-14H,7-10,12H2,1-2H3,(H,17,19)/b6-5+. The van der Waals surface area contributed by atoms with Gasteiger partial charge in [0.2, 0.25) is 5.91 Å². The maximum Gasteiger partial charge on any atom is 0.244 e. The van der Waals surface area contributed by atoms with Crippen LogP contribution in [0.4, 0.5) is 0 Å². The summed E-state index contributed by atoms with van der Waals surface area (Å²) < 4.78 is 0.